The molecule has 0 spiro atoms. The van der Waals surface area contributed by atoms with Crippen LogP contribution >= 0.6 is 0 Å². The zero-order valence-corrected chi connectivity index (χ0v) is 19.5. The van der Waals surface area contributed by atoms with Crippen molar-refractivity contribution in [3.63, 3.8) is 0 Å². The summed E-state index contributed by atoms with van der Waals surface area (Å²) in [5.41, 5.74) is 1.41. The monoisotopic (exact) mass is 457 g/mol. The molecule has 2 aromatic rings. The molecule has 0 aliphatic carbocycles. The summed E-state index contributed by atoms with van der Waals surface area (Å²) in [7, 11) is 0. The Morgan fingerprint density at radius 1 is 1.12 bits per heavy atom. The summed E-state index contributed by atoms with van der Waals surface area (Å²) in [6.07, 6.45) is 2.01. The van der Waals surface area contributed by atoms with Gasteiger partial charge in [0.25, 0.3) is 5.92 Å². The van der Waals surface area contributed by atoms with Gasteiger partial charge in [0.15, 0.2) is 0 Å². The molecular formula is C26H33F2N3O2. The number of carbonyl (C=O) groups excluding carboxylic acids is 2. The van der Waals surface area contributed by atoms with Crippen LogP contribution in [0.3, 0.4) is 0 Å². The lowest BCUT2D eigenvalue weighted by Gasteiger charge is -2.24. The molecule has 0 saturated carbocycles. The molecule has 178 valence electrons. The zero-order chi connectivity index (χ0) is 24.0. The molecule has 2 unspecified atom stereocenters. The highest BCUT2D eigenvalue weighted by molar-refractivity contribution is 5.95. The summed E-state index contributed by atoms with van der Waals surface area (Å²) in [4.78, 5) is 27.3. The number of rotatable bonds is 9. The first-order valence-electron chi connectivity index (χ1n) is 11.5. The quantitative estimate of drug-likeness (QED) is 0.585. The van der Waals surface area contributed by atoms with Gasteiger partial charge in [0.1, 0.15) is 0 Å². The second kappa shape index (κ2) is 10.9. The predicted molar refractivity (Wildman–Crippen MR) is 126 cm³/mol. The number of nitrogens with zero attached hydrogens (tertiary/aromatic N) is 1. The van der Waals surface area contributed by atoms with Crippen LogP contribution in [0.4, 0.5) is 14.5 Å². The minimum Gasteiger partial charge on any atom is -0.347 e. The molecule has 5 nitrogen and oxygen atoms in total. The average Bonchev–Trinajstić information content (AvgIpc) is 3.18. The summed E-state index contributed by atoms with van der Waals surface area (Å²) in [5.74, 6) is -3.57. The standard InChI is InChI=1S/C26H33F2N3O2/c1-18-16-31(19(2)12-13-20-8-5-4-6-9-20)17-23(18)25(33)29-15-24(32)30-22-11-7-10-21(14-22)26(3,27)28/h4-11,14,18-19,23H,12-13,15-17H2,1-3H3,(H,29,33)(H,30,32)/t18?,19?,23-/m1/s1. The van der Waals surface area contributed by atoms with Gasteiger partial charge in [-0.1, -0.05) is 49.4 Å². The van der Waals surface area contributed by atoms with E-state index in [1.54, 1.807) is 6.07 Å². The third-order valence-electron chi connectivity index (χ3n) is 6.37. The van der Waals surface area contributed by atoms with Crippen molar-refractivity contribution in [3.8, 4) is 0 Å². The second-order valence-electron chi connectivity index (χ2n) is 9.15. The normalized spacial score (nSPS) is 19.8. The summed E-state index contributed by atoms with van der Waals surface area (Å²) < 4.78 is 27.0. The highest BCUT2D eigenvalue weighted by atomic mass is 19.3. The van der Waals surface area contributed by atoms with E-state index in [-0.39, 0.29) is 35.5 Å². The number of alkyl halides is 2. The van der Waals surface area contributed by atoms with E-state index in [2.05, 4.69) is 41.5 Å². The van der Waals surface area contributed by atoms with Gasteiger partial charge >= 0.3 is 0 Å². The molecule has 33 heavy (non-hydrogen) atoms. The van der Waals surface area contributed by atoms with Crippen molar-refractivity contribution in [2.45, 2.75) is 45.6 Å². The number of likely N-dealkylation sites (tertiary alicyclic amines) is 1. The number of anilines is 1. The van der Waals surface area contributed by atoms with Crippen LogP contribution < -0.4 is 10.6 Å². The van der Waals surface area contributed by atoms with E-state index < -0.39 is 11.8 Å². The Kier molecular flexibility index (Phi) is 8.19. The molecule has 7 heteroatoms. The Labute approximate surface area is 194 Å². The SMILES string of the molecule is CC1CN(C(C)CCc2ccccc2)C[C@H]1C(=O)NCC(=O)Nc1cccc(C(C)(F)F)c1. The van der Waals surface area contributed by atoms with Gasteiger partial charge in [-0.05, 0) is 43.4 Å². The Morgan fingerprint density at radius 2 is 1.85 bits per heavy atom. The Bertz CT molecular complexity index is 946. The molecule has 1 fully saturated rings. The van der Waals surface area contributed by atoms with Gasteiger partial charge in [-0.25, -0.2) is 8.78 Å². The number of aryl methyl sites for hydroxylation is 1. The lowest BCUT2D eigenvalue weighted by Crippen LogP contribution is -2.39. The number of hydrogen-bond donors (Lipinski definition) is 2. The van der Waals surface area contributed by atoms with E-state index in [4.69, 9.17) is 0 Å². The van der Waals surface area contributed by atoms with Crippen LogP contribution in [0.25, 0.3) is 0 Å². The number of nitrogens with one attached hydrogen (secondary N) is 2. The molecule has 1 aliphatic heterocycles. The second-order valence-corrected chi connectivity index (χ2v) is 9.15. The van der Waals surface area contributed by atoms with E-state index in [0.29, 0.717) is 12.6 Å². The third-order valence-corrected chi connectivity index (χ3v) is 6.37. The molecule has 1 heterocycles. The molecule has 0 aromatic heterocycles. The molecule has 2 N–H and O–H groups in total. The fourth-order valence-electron chi connectivity index (χ4n) is 4.28. The maximum Gasteiger partial charge on any atom is 0.270 e. The van der Waals surface area contributed by atoms with Crippen LogP contribution in [0.5, 0.6) is 0 Å². The van der Waals surface area contributed by atoms with Gasteiger partial charge < -0.3 is 10.6 Å². The largest absolute Gasteiger partial charge is 0.347 e. The lowest BCUT2D eigenvalue weighted by atomic mass is 9.97. The van der Waals surface area contributed by atoms with Gasteiger partial charge in [0.05, 0.1) is 12.5 Å². The molecular weight excluding hydrogens is 424 g/mol. The minimum atomic E-state index is -2.99. The van der Waals surface area contributed by atoms with Gasteiger partial charge in [0.2, 0.25) is 11.8 Å². The molecule has 0 radical (unpaired) electrons. The molecule has 1 aliphatic rings. The maximum absolute atomic E-state index is 13.5. The van der Waals surface area contributed by atoms with Gasteiger partial charge in [-0.15, -0.1) is 0 Å². The van der Waals surface area contributed by atoms with Crippen molar-refractivity contribution < 1.29 is 18.4 Å². The number of amides is 2. The van der Waals surface area contributed by atoms with Crippen LogP contribution in [0.2, 0.25) is 0 Å². The zero-order valence-electron chi connectivity index (χ0n) is 19.5. The minimum absolute atomic E-state index is 0.149. The highest BCUT2D eigenvalue weighted by Gasteiger charge is 2.36. The Hall–Kier alpha value is -2.80. The maximum atomic E-state index is 13.5. The van der Waals surface area contributed by atoms with E-state index in [1.807, 2.05) is 18.2 Å². The van der Waals surface area contributed by atoms with Crippen LogP contribution in [0, 0.1) is 11.8 Å². The molecule has 1 saturated heterocycles. The highest BCUT2D eigenvalue weighted by Crippen LogP contribution is 2.29. The first-order chi connectivity index (χ1) is 15.6. The number of hydrogen-bond acceptors (Lipinski definition) is 3. The number of benzene rings is 2. The number of carbonyl (C=O) groups is 2. The smallest absolute Gasteiger partial charge is 0.270 e. The first kappa shape index (κ1) is 24.8. The molecule has 2 amide bonds. The topological polar surface area (TPSA) is 61.4 Å². The summed E-state index contributed by atoms with van der Waals surface area (Å²) >= 11 is 0. The fraction of sp³-hybridized carbons (Fsp3) is 0.462. The van der Waals surface area contributed by atoms with Crippen molar-refractivity contribution in [1.29, 1.82) is 0 Å². The lowest BCUT2D eigenvalue weighted by molar-refractivity contribution is -0.127. The molecule has 0 bridgehead atoms. The van der Waals surface area contributed by atoms with Gasteiger partial charge in [0, 0.05) is 37.3 Å². The van der Waals surface area contributed by atoms with E-state index >= 15 is 0 Å². The van der Waals surface area contributed by atoms with E-state index in [1.165, 1.54) is 23.8 Å². The van der Waals surface area contributed by atoms with Gasteiger partial charge in [-0.3, -0.25) is 14.5 Å². The van der Waals surface area contributed by atoms with Crippen molar-refractivity contribution >= 4 is 17.5 Å². The first-order valence-corrected chi connectivity index (χ1v) is 11.5. The predicted octanol–water partition coefficient (Wildman–Crippen LogP) is 4.44. The molecule has 2 aromatic carbocycles. The molecule has 3 atom stereocenters. The Morgan fingerprint density at radius 3 is 2.55 bits per heavy atom. The number of halogens is 2. The van der Waals surface area contributed by atoms with Crippen molar-refractivity contribution in [2.75, 3.05) is 25.0 Å². The van der Waals surface area contributed by atoms with Crippen LogP contribution in [0.1, 0.15) is 38.3 Å². The van der Waals surface area contributed by atoms with Gasteiger partial charge in [-0.2, -0.15) is 0 Å². The summed E-state index contributed by atoms with van der Waals surface area (Å²) in [6.45, 7) is 6.37. The summed E-state index contributed by atoms with van der Waals surface area (Å²) in [5, 5.41) is 5.28. The van der Waals surface area contributed by atoms with Crippen LogP contribution in [-0.2, 0) is 21.9 Å². The third kappa shape index (κ3) is 7.09. The summed E-state index contributed by atoms with van der Waals surface area (Å²) in [6, 6.07) is 16.3. The van der Waals surface area contributed by atoms with Crippen molar-refractivity contribution in [3.05, 3.63) is 65.7 Å². The van der Waals surface area contributed by atoms with E-state index in [9.17, 15) is 18.4 Å². The van der Waals surface area contributed by atoms with Crippen LogP contribution in [-0.4, -0.2) is 42.4 Å². The fourth-order valence-corrected chi connectivity index (χ4v) is 4.28. The van der Waals surface area contributed by atoms with Crippen molar-refractivity contribution in [2.24, 2.45) is 11.8 Å². The van der Waals surface area contributed by atoms with Crippen molar-refractivity contribution in [1.82, 2.24) is 10.2 Å². The van der Waals surface area contributed by atoms with Crippen LogP contribution in [0.15, 0.2) is 54.6 Å². The van der Waals surface area contributed by atoms with E-state index in [0.717, 1.165) is 26.3 Å². The average molecular weight is 458 g/mol. The Balaban J connectivity index is 1.45. The molecule has 3 rings (SSSR count).